The fourth-order valence-corrected chi connectivity index (χ4v) is 4.16. The third kappa shape index (κ3) is 3.58. The summed E-state index contributed by atoms with van der Waals surface area (Å²) >= 11 is 0. The Balaban J connectivity index is 1.74. The molecule has 138 valence electrons. The first kappa shape index (κ1) is 17.7. The standard InChI is InChI=1S/C23H24N2O2/c1-16-15-24-11-8-21(16)22(25-12-9-18(10-13-25)23(26)27)20-7-6-17-4-2-3-5-19(17)14-20/h2-8,11,14-15,18,22H,9-10,12-13H2,1H3,(H,26,27). The van der Waals surface area contributed by atoms with Crippen LogP contribution in [-0.2, 0) is 4.79 Å². The summed E-state index contributed by atoms with van der Waals surface area (Å²) in [6.07, 6.45) is 5.15. The van der Waals surface area contributed by atoms with Gasteiger partial charge in [0.1, 0.15) is 0 Å². The lowest BCUT2D eigenvalue weighted by Crippen LogP contribution is -2.39. The van der Waals surface area contributed by atoms with Crippen LogP contribution in [0.15, 0.2) is 60.9 Å². The molecule has 0 spiro atoms. The van der Waals surface area contributed by atoms with Gasteiger partial charge in [-0.3, -0.25) is 14.7 Å². The summed E-state index contributed by atoms with van der Waals surface area (Å²) in [4.78, 5) is 18.0. The average Bonchev–Trinajstić information content (AvgIpc) is 2.70. The molecule has 1 atom stereocenters. The van der Waals surface area contributed by atoms with Crippen LogP contribution in [0.1, 0.15) is 35.6 Å². The summed E-state index contributed by atoms with van der Waals surface area (Å²) in [5.74, 6) is -0.894. The first-order valence-electron chi connectivity index (χ1n) is 9.49. The molecule has 1 aliphatic heterocycles. The van der Waals surface area contributed by atoms with Gasteiger partial charge in [-0.25, -0.2) is 0 Å². The van der Waals surface area contributed by atoms with Crippen molar-refractivity contribution in [1.82, 2.24) is 9.88 Å². The van der Waals surface area contributed by atoms with Crippen molar-refractivity contribution in [2.75, 3.05) is 13.1 Å². The van der Waals surface area contributed by atoms with Gasteiger partial charge in [0.15, 0.2) is 0 Å². The molecule has 0 saturated carbocycles. The number of carbonyl (C=O) groups is 1. The maximum atomic E-state index is 11.3. The van der Waals surface area contributed by atoms with Crippen molar-refractivity contribution in [2.24, 2.45) is 5.92 Å². The molecule has 0 amide bonds. The van der Waals surface area contributed by atoms with Crippen molar-refractivity contribution in [3.8, 4) is 0 Å². The number of piperidine rings is 1. The highest BCUT2D eigenvalue weighted by Crippen LogP contribution is 2.35. The molecule has 2 aromatic carbocycles. The maximum Gasteiger partial charge on any atom is 0.306 e. The van der Waals surface area contributed by atoms with Gasteiger partial charge in [-0.05, 0) is 72.5 Å². The summed E-state index contributed by atoms with van der Waals surface area (Å²) in [5, 5.41) is 11.8. The second-order valence-electron chi connectivity index (χ2n) is 7.39. The minimum Gasteiger partial charge on any atom is -0.481 e. The Labute approximate surface area is 159 Å². The Morgan fingerprint density at radius 2 is 1.85 bits per heavy atom. The molecule has 0 bridgehead atoms. The lowest BCUT2D eigenvalue weighted by molar-refractivity contribution is -0.143. The van der Waals surface area contributed by atoms with E-state index in [0.717, 1.165) is 18.7 Å². The zero-order valence-corrected chi connectivity index (χ0v) is 15.5. The van der Waals surface area contributed by atoms with E-state index in [9.17, 15) is 9.90 Å². The van der Waals surface area contributed by atoms with E-state index in [4.69, 9.17) is 0 Å². The van der Waals surface area contributed by atoms with Gasteiger partial charge in [0, 0.05) is 12.4 Å². The number of hydrogen-bond donors (Lipinski definition) is 1. The Morgan fingerprint density at radius 3 is 2.56 bits per heavy atom. The third-order valence-electron chi connectivity index (χ3n) is 5.69. The van der Waals surface area contributed by atoms with E-state index in [0.29, 0.717) is 12.8 Å². The largest absolute Gasteiger partial charge is 0.481 e. The Hall–Kier alpha value is -2.72. The number of carboxylic acids is 1. The van der Waals surface area contributed by atoms with Crippen LogP contribution in [0.4, 0.5) is 0 Å². The monoisotopic (exact) mass is 360 g/mol. The van der Waals surface area contributed by atoms with Gasteiger partial charge in [0.05, 0.1) is 12.0 Å². The van der Waals surface area contributed by atoms with Crippen LogP contribution >= 0.6 is 0 Å². The number of fused-ring (bicyclic) bond motifs is 1. The molecule has 0 radical (unpaired) electrons. The molecule has 1 N–H and O–H groups in total. The van der Waals surface area contributed by atoms with E-state index in [2.05, 4.69) is 65.3 Å². The van der Waals surface area contributed by atoms with Gasteiger partial charge < -0.3 is 5.11 Å². The predicted octanol–water partition coefficient (Wildman–Crippen LogP) is 4.43. The molecule has 4 rings (SSSR count). The van der Waals surface area contributed by atoms with Gasteiger partial charge in [-0.2, -0.15) is 0 Å². The molecule has 1 aromatic heterocycles. The highest BCUT2D eigenvalue weighted by Gasteiger charge is 2.30. The van der Waals surface area contributed by atoms with Crippen LogP contribution in [-0.4, -0.2) is 34.0 Å². The molecule has 2 heterocycles. The first-order valence-corrected chi connectivity index (χ1v) is 9.49. The van der Waals surface area contributed by atoms with Crippen LogP contribution in [0.3, 0.4) is 0 Å². The van der Waals surface area contributed by atoms with Crippen molar-refractivity contribution in [1.29, 1.82) is 0 Å². The second kappa shape index (κ2) is 7.49. The van der Waals surface area contributed by atoms with Gasteiger partial charge >= 0.3 is 5.97 Å². The van der Waals surface area contributed by atoms with Crippen LogP contribution in [0.2, 0.25) is 0 Å². The van der Waals surface area contributed by atoms with Crippen LogP contribution in [0.5, 0.6) is 0 Å². The highest BCUT2D eigenvalue weighted by molar-refractivity contribution is 5.83. The fourth-order valence-electron chi connectivity index (χ4n) is 4.16. The number of likely N-dealkylation sites (tertiary alicyclic amines) is 1. The molecule has 4 heteroatoms. The van der Waals surface area contributed by atoms with Crippen LogP contribution in [0.25, 0.3) is 10.8 Å². The van der Waals surface area contributed by atoms with E-state index in [1.165, 1.54) is 21.9 Å². The van der Waals surface area contributed by atoms with Crippen molar-refractivity contribution in [3.05, 3.63) is 77.6 Å². The van der Waals surface area contributed by atoms with Crippen molar-refractivity contribution >= 4 is 16.7 Å². The molecule has 3 aromatic rings. The number of nitrogens with zero attached hydrogens (tertiary/aromatic N) is 2. The van der Waals surface area contributed by atoms with Crippen LogP contribution < -0.4 is 0 Å². The predicted molar refractivity (Wildman–Crippen MR) is 107 cm³/mol. The number of aliphatic carboxylic acids is 1. The molecular weight excluding hydrogens is 336 g/mol. The summed E-state index contributed by atoms with van der Waals surface area (Å²) in [6.45, 7) is 3.67. The molecule has 1 saturated heterocycles. The normalized spacial score (nSPS) is 17.1. The average molecular weight is 360 g/mol. The third-order valence-corrected chi connectivity index (χ3v) is 5.69. The highest BCUT2D eigenvalue weighted by atomic mass is 16.4. The van der Waals surface area contributed by atoms with Gasteiger partial charge in [0.2, 0.25) is 0 Å². The number of pyridine rings is 1. The van der Waals surface area contributed by atoms with Crippen molar-refractivity contribution in [3.63, 3.8) is 0 Å². The lowest BCUT2D eigenvalue weighted by Gasteiger charge is -2.37. The Bertz CT molecular complexity index is 961. The number of rotatable bonds is 4. The SMILES string of the molecule is Cc1cnccc1C(c1ccc2ccccc2c1)N1CCC(C(=O)O)CC1. The molecular formula is C23H24N2O2. The summed E-state index contributed by atoms with van der Waals surface area (Å²) in [5.41, 5.74) is 3.65. The van der Waals surface area contributed by atoms with Gasteiger partial charge in [-0.15, -0.1) is 0 Å². The van der Waals surface area contributed by atoms with E-state index in [-0.39, 0.29) is 12.0 Å². The zero-order chi connectivity index (χ0) is 18.8. The number of aryl methyl sites for hydroxylation is 1. The Kier molecular flexibility index (Phi) is 4.90. The van der Waals surface area contributed by atoms with E-state index in [1.807, 2.05) is 12.4 Å². The molecule has 27 heavy (non-hydrogen) atoms. The fraction of sp³-hybridized carbons (Fsp3) is 0.304. The van der Waals surface area contributed by atoms with Crippen molar-refractivity contribution in [2.45, 2.75) is 25.8 Å². The van der Waals surface area contributed by atoms with E-state index < -0.39 is 5.97 Å². The molecule has 0 aliphatic carbocycles. The number of aromatic nitrogens is 1. The molecule has 1 unspecified atom stereocenters. The molecule has 1 aliphatic rings. The van der Waals surface area contributed by atoms with E-state index in [1.54, 1.807) is 0 Å². The van der Waals surface area contributed by atoms with Crippen molar-refractivity contribution < 1.29 is 9.90 Å². The number of benzene rings is 2. The minimum atomic E-state index is -0.669. The maximum absolute atomic E-state index is 11.3. The lowest BCUT2D eigenvalue weighted by atomic mass is 9.89. The topological polar surface area (TPSA) is 53.4 Å². The summed E-state index contributed by atoms with van der Waals surface area (Å²) < 4.78 is 0. The number of carboxylic acid groups (broad SMARTS) is 1. The van der Waals surface area contributed by atoms with E-state index >= 15 is 0 Å². The summed E-state index contributed by atoms with van der Waals surface area (Å²) in [6, 6.07) is 17.3. The second-order valence-corrected chi connectivity index (χ2v) is 7.39. The quantitative estimate of drug-likeness (QED) is 0.748. The zero-order valence-electron chi connectivity index (χ0n) is 15.5. The summed E-state index contributed by atoms with van der Waals surface area (Å²) in [7, 11) is 0. The van der Waals surface area contributed by atoms with Gasteiger partial charge in [0.25, 0.3) is 0 Å². The van der Waals surface area contributed by atoms with Gasteiger partial charge in [-0.1, -0.05) is 36.4 Å². The smallest absolute Gasteiger partial charge is 0.306 e. The molecule has 1 fully saturated rings. The number of hydrogen-bond acceptors (Lipinski definition) is 3. The Morgan fingerprint density at radius 1 is 1.11 bits per heavy atom. The van der Waals surface area contributed by atoms with Crippen LogP contribution in [0, 0.1) is 12.8 Å². The minimum absolute atomic E-state index is 0.118. The molecule has 4 nitrogen and oxygen atoms in total. The first-order chi connectivity index (χ1) is 13.1.